The molecule has 0 aromatic rings. The Balaban J connectivity index is 3.25. The summed E-state index contributed by atoms with van der Waals surface area (Å²) in [5.41, 5.74) is 0. The molecule has 0 unspecified atom stereocenters. The first-order valence-corrected chi connectivity index (χ1v) is 13.2. The molecule has 0 atom stereocenters. The van der Waals surface area contributed by atoms with Gasteiger partial charge in [-0.15, -0.1) is 0 Å². The van der Waals surface area contributed by atoms with E-state index in [0.717, 1.165) is 13.2 Å². The largest absolute Gasteiger partial charge is 0.395 e. The van der Waals surface area contributed by atoms with Crippen LogP contribution in [-0.2, 0) is 8.85 Å². The van der Waals surface area contributed by atoms with Crippen LogP contribution in [0.1, 0.15) is 104 Å². The van der Waals surface area contributed by atoms with Crippen LogP contribution >= 0.6 is 0 Å². The second-order valence-corrected chi connectivity index (χ2v) is 10.7. The molecule has 0 aliphatic heterocycles. The van der Waals surface area contributed by atoms with Crippen molar-refractivity contribution in [2.45, 2.75) is 117 Å². The van der Waals surface area contributed by atoms with Gasteiger partial charge in [0.05, 0.1) is 0 Å². The summed E-state index contributed by atoms with van der Waals surface area (Å²) < 4.78 is 12.0. The fourth-order valence-corrected chi connectivity index (χ4v) is 4.15. The minimum Gasteiger partial charge on any atom is -0.395 e. The molecule has 0 aliphatic rings. The Kier molecular flexibility index (Phi) is 17.1. The predicted octanol–water partition coefficient (Wildman–Crippen LogP) is 7.22. The molecule has 0 saturated carbocycles. The van der Waals surface area contributed by atoms with Gasteiger partial charge in [0.15, 0.2) is 0 Å². The lowest BCUT2D eigenvalue weighted by molar-refractivity contribution is 0.173. The first-order valence-electron chi connectivity index (χ1n) is 10.4. The third-order valence-electron chi connectivity index (χ3n) is 4.40. The highest BCUT2D eigenvalue weighted by atomic mass is 28.4. The summed E-state index contributed by atoms with van der Waals surface area (Å²) in [6, 6.07) is 0. The van der Waals surface area contributed by atoms with E-state index in [1.807, 2.05) is 0 Å². The van der Waals surface area contributed by atoms with Crippen LogP contribution < -0.4 is 0 Å². The molecule has 0 bridgehead atoms. The molecule has 0 amide bonds. The summed E-state index contributed by atoms with van der Waals surface area (Å²) in [6.45, 7) is 10.6. The molecule has 0 aromatic heterocycles. The second kappa shape index (κ2) is 17.0. The van der Waals surface area contributed by atoms with Crippen LogP contribution in [-0.4, -0.2) is 21.8 Å². The third-order valence-corrected chi connectivity index (χ3v) is 6.19. The molecule has 0 spiro atoms. The van der Waals surface area contributed by atoms with Crippen molar-refractivity contribution in [3.05, 3.63) is 0 Å². The van der Waals surface area contributed by atoms with Gasteiger partial charge in [-0.05, 0) is 25.9 Å². The Labute approximate surface area is 148 Å². The fraction of sp³-hybridized carbons (Fsp3) is 1.00. The van der Waals surface area contributed by atoms with Crippen LogP contribution in [0.3, 0.4) is 0 Å². The first kappa shape index (κ1) is 23.1. The lowest BCUT2D eigenvalue weighted by Gasteiger charge is -2.22. The zero-order valence-electron chi connectivity index (χ0n) is 16.6. The Morgan fingerprint density at radius 2 is 0.783 bits per heavy atom. The number of unbranched alkanes of at least 4 members (excludes halogenated alkanes) is 12. The molecule has 2 nitrogen and oxygen atoms in total. The SMILES string of the molecule is CCCCCCCCCCCCCO[Si](C)(C)OCCCCC. The van der Waals surface area contributed by atoms with E-state index in [1.165, 1.54) is 89.9 Å². The van der Waals surface area contributed by atoms with E-state index in [4.69, 9.17) is 8.85 Å². The van der Waals surface area contributed by atoms with Crippen molar-refractivity contribution < 1.29 is 8.85 Å². The molecule has 0 aliphatic carbocycles. The maximum atomic E-state index is 6.01. The van der Waals surface area contributed by atoms with Crippen LogP contribution in [0.25, 0.3) is 0 Å². The summed E-state index contributed by atoms with van der Waals surface area (Å²) in [6.07, 6.45) is 18.9. The molecule has 0 radical (unpaired) electrons. The fourth-order valence-electron chi connectivity index (χ4n) is 2.80. The van der Waals surface area contributed by atoms with Gasteiger partial charge < -0.3 is 8.85 Å². The van der Waals surface area contributed by atoms with Crippen LogP contribution in [0, 0.1) is 0 Å². The molecular weight excluding hydrogens is 300 g/mol. The molecule has 0 N–H and O–H groups in total. The molecule has 0 fully saturated rings. The molecule has 3 heteroatoms. The quantitative estimate of drug-likeness (QED) is 0.193. The number of rotatable bonds is 18. The standard InChI is InChI=1S/C20H44O2Si/c1-5-7-9-10-11-12-13-14-15-16-18-20-22-23(3,4)21-19-17-8-6-2/h5-20H2,1-4H3. The van der Waals surface area contributed by atoms with Crippen molar-refractivity contribution in [2.75, 3.05) is 13.2 Å². The number of hydrogen-bond donors (Lipinski definition) is 0. The van der Waals surface area contributed by atoms with E-state index in [2.05, 4.69) is 26.9 Å². The van der Waals surface area contributed by atoms with Gasteiger partial charge in [-0.3, -0.25) is 0 Å². The normalized spacial score (nSPS) is 12.0. The van der Waals surface area contributed by atoms with E-state index in [1.54, 1.807) is 0 Å². The summed E-state index contributed by atoms with van der Waals surface area (Å²) in [7, 11) is -1.85. The smallest absolute Gasteiger partial charge is 0.331 e. The van der Waals surface area contributed by atoms with Crippen molar-refractivity contribution in [2.24, 2.45) is 0 Å². The second-order valence-electron chi connectivity index (χ2n) is 7.34. The topological polar surface area (TPSA) is 18.5 Å². The summed E-state index contributed by atoms with van der Waals surface area (Å²) in [4.78, 5) is 0. The molecular formula is C20H44O2Si. The molecule has 0 heterocycles. The summed E-state index contributed by atoms with van der Waals surface area (Å²) >= 11 is 0. The highest BCUT2D eigenvalue weighted by Crippen LogP contribution is 2.13. The van der Waals surface area contributed by atoms with Crippen molar-refractivity contribution in [1.82, 2.24) is 0 Å². The van der Waals surface area contributed by atoms with Gasteiger partial charge in [0.1, 0.15) is 0 Å². The lowest BCUT2D eigenvalue weighted by Crippen LogP contribution is -2.35. The van der Waals surface area contributed by atoms with Gasteiger partial charge in [-0.1, -0.05) is 90.9 Å². The first-order chi connectivity index (χ1) is 11.1. The van der Waals surface area contributed by atoms with Crippen molar-refractivity contribution in [3.63, 3.8) is 0 Å². The van der Waals surface area contributed by atoms with Crippen molar-refractivity contribution in [3.8, 4) is 0 Å². The van der Waals surface area contributed by atoms with Crippen LogP contribution in [0.5, 0.6) is 0 Å². The van der Waals surface area contributed by atoms with Crippen LogP contribution in [0.2, 0.25) is 13.1 Å². The average Bonchev–Trinajstić information content (AvgIpc) is 2.52. The summed E-state index contributed by atoms with van der Waals surface area (Å²) in [5, 5.41) is 0. The Morgan fingerprint density at radius 3 is 1.22 bits per heavy atom. The molecule has 23 heavy (non-hydrogen) atoms. The van der Waals surface area contributed by atoms with E-state index in [-0.39, 0.29) is 0 Å². The lowest BCUT2D eigenvalue weighted by atomic mass is 10.1. The average molecular weight is 345 g/mol. The predicted molar refractivity (Wildman–Crippen MR) is 105 cm³/mol. The number of hydrogen-bond acceptors (Lipinski definition) is 2. The zero-order valence-corrected chi connectivity index (χ0v) is 17.6. The van der Waals surface area contributed by atoms with Gasteiger partial charge in [0, 0.05) is 13.2 Å². The van der Waals surface area contributed by atoms with Crippen LogP contribution in [0.4, 0.5) is 0 Å². The van der Waals surface area contributed by atoms with Gasteiger partial charge >= 0.3 is 8.56 Å². The van der Waals surface area contributed by atoms with Gasteiger partial charge in [-0.25, -0.2) is 0 Å². The highest BCUT2D eigenvalue weighted by Gasteiger charge is 2.23. The third kappa shape index (κ3) is 18.3. The Hall–Kier alpha value is 0.137. The zero-order chi connectivity index (χ0) is 17.2. The van der Waals surface area contributed by atoms with Crippen LogP contribution in [0.15, 0.2) is 0 Å². The maximum absolute atomic E-state index is 6.01. The molecule has 0 aromatic carbocycles. The minimum atomic E-state index is -1.85. The highest BCUT2D eigenvalue weighted by molar-refractivity contribution is 6.64. The maximum Gasteiger partial charge on any atom is 0.331 e. The summed E-state index contributed by atoms with van der Waals surface area (Å²) in [5.74, 6) is 0. The van der Waals surface area contributed by atoms with E-state index >= 15 is 0 Å². The van der Waals surface area contributed by atoms with E-state index in [0.29, 0.717) is 0 Å². The minimum absolute atomic E-state index is 0.880. The van der Waals surface area contributed by atoms with Gasteiger partial charge in [0.2, 0.25) is 0 Å². The Morgan fingerprint density at radius 1 is 0.478 bits per heavy atom. The molecule has 0 saturated heterocycles. The van der Waals surface area contributed by atoms with E-state index < -0.39 is 8.56 Å². The van der Waals surface area contributed by atoms with Gasteiger partial charge in [0.25, 0.3) is 0 Å². The van der Waals surface area contributed by atoms with E-state index in [9.17, 15) is 0 Å². The van der Waals surface area contributed by atoms with Crippen molar-refractivity contribution in [1.29, 1.82) is 0 Å². The van der Waals surface area contributed by atoms with Crippen molar-refractivity contribution >= 4 is 8.56 Å². The molecule has 140 valence electrons. The van der Waals surface area contributed by atoms with Gasteiger partial charge in [-0.2, -0.15) is 0 Å². The molecule has 0 rings (SSSR count). The Bertz CT molecular complexity index is 232. The monoisotopic (exact) mass is 344 g/mol.